The number of carbonyl (C=O) groups is 2. The summed E-state index contributed by atoms with van der Waals surface area (Å²) in [5.74, 6) is -1.14. The number of hydrogen-bond acceptors (Lipinski definition) is 5. The lowest BCUT2D eigenvalue weighted by atomic mass is 10.2. The van der Waals surface area contributed by atoms with E-state index < -0.39 is 27.3 Å². The molecule has 148 valence electrons. The molecule has 1 heterocycles. The number of sulfone groups is 1. The first-order valence-electron chi connectivity index (χ1n) is 8.60. The van der Waals surface area contributed by atoms with Gasteiger partial charge in [0.1, 0.15) is 5.82 Å². The number of benzene rings is 2. The maximum absolute atomic E-state index is 13.2. The molecule has 2 aromatic rings. The Morgan fingerprint density at radius 2 is 2.07 bits per heavy atom. The van der Waals surface area contributed by atoms with Gasteiger partial charge >= 0.3 is 0 Å². The minimum atomic E-state index is -3.73. The van der Waals surface area contributed by atoms with E-state index in [-0.39, 0.29) is 28.8 Å². The molecular weight excluding hydrogens is 403 g/mol. The molecule has 0 aliphatic carbocycles. The molecule has 0 unspecified atom stereocenters. The molecule has 9 heteroatoms. The molecule has 1 aliphatic rings. The van der Waals surface area contributed by atoms with E-state index in [0.717, 1.165) is 11.0 Å². The molecular formula is C19H19FN2O4S2. The van der Waals surface area contributed by atoms with Crippen molar-refractivity contribution in [1.82, 2.24) is 0 Å². The molecule has 0 fully saturated rings. The average molecular weight is 423 g/mol. The predicted octanol–water partition coefficient (Wildman–Crippen LogP) is 3.31. The number of hydrogen-bond donors (Lipinski definition) is 2. The highest BCUT2D eigenvalue weighted by atomic mass is 32.2. The fourth-order valence-corrected chi connectivity index (χ4v) is 4.88. The molecule has 6 nitrogen and oxygen atoms in total. The molecule has 0 saturated carbocycles. The highest BCUT2D eigenvalue weighted by Gasteiger charge is 2.23. The highest BCUT2D eigenvalue weighted by Crippen LogP contribution is 2.34. The van der Waals surface area contributed by atoms with Crippen LogP contribution in [0.3, 0.4) is 0 Å². The number of halogens is 1. The monoisotopic (exact) mass is 422 g/mol. The number of amides is 2. The number of fused-ring (bicyclic) bond motifs is 1. The molecule has 3 rings (SSSR count). The maximum Gasteiger partial charge on any atom is 0.228 e. The van der Waals surface area contributed by atoms with Gasteiger partial charge in [-0.1, -0.05) is 13.0 Å². The third kappa shape index (κ3) is 4.90. The zero-order valence-electron chi connectivity index (χ0n) is 15.1. The quantitative estimate of drug-likeness (QED) is 0.771. The number of thioether (sulfide) groups is 1. The molecule has 0 saturated heterocycles. The number of nitrogens with one attached hydrogen (secondary N) is 2. The van der Waals surface area contributed by atoms with E-state index in [1.807, 2.05) is 6.92 Å². The summed E-state index contributed by atoms with van der Waals surface area (Å²) in [6.45, 7) is 1.81. The predicted molar refractivity (Wildman–Crippen MR) is 107 cm³/mol. The van der Waals surface area contributed by atoms with E-state index in [1.165, 1.54) is 42.1 Å². The van der Waals surface area contributed by atoms with Crippen LogP contribution in [0.1, 0.15) is 13.3 Å². The summed E-state index contributed by atoms with van der Waals surface area (Å²) in [6, 6.07) is 9.94. The van der Waals surface area contributed by atoms with Crippen molar-refractivity contribution in [3.8, 4) is 0 Å². The van der Waals surface area contributed by atoms with Crippen LogP contribution in [-0.2, 0) is 19.4 Å². The van der Waals surface area contributed by atoms with Gasteiger partial charge in [-0.15, -0.1) is 11.8 Å². The van der Waals surface area contributed by atoms with Crippen LogP contribution in [0.2, 0.25) is 0 Å². The summed E-state index contributed by atoms with van der Waals surface area (Å²) in [7, 11) is -3.73. The minimum Gasteiger partial charge on any atom is -0.326 e. The third-order valence-electron chi connectivity index (χ3n) is 4.21. The summed E-state index contributed by atoms with van der Waals surface area (Å²) in [6.07, 6.45) is -0.270. The number of anilines is 2. The molecule has 2 amide bonds. The second kappa shape index (κ2) is 8.32. The van der Waals surface area contributed by atoms with Crippen molar-refractivity contribution in [2.75, 3.05) is 22.1 Å². The Morgan fingerprint density at radius 3 is 2.82 bits per heavy atom. The van der Waals surface area contributed by atoms with Crippen LogP contribution in [0.4, 0.5) is 15.8 Å². The maximum atomic E-state index is 13.2. The second-order valence-corrected chi connectivity index (χ2v) is 9.66. The Hall–Kier alpha value is -2.39. The Morgan fingerprint density at radius 1 is 1.29 bits per heavy atom. The van der Waals surface area contributed by atoms with Crippen LogP contribution in [0.15, 0.2) is 52.3 Å². The summed E-state index contributed by atoms with van der Waals surface area (Å²) in [5, 5.41) is 5.22. The highest BCUT2D eigenvalue weighted by molar-refractivity contribution is 7.99. The van der Waals surface area contributed by atoms with Gasteiger partial charge in [-0.25, -0.2) is 12.8 Å². The molecule has 0 bridgehead atoms. The van der Waals surface area contributed by atoms with Crippen molar-refractivity contribution in [1.29, 1.82) is 0 Å². The number of rotatable bonds is 5. The smallest absolute Gasteiger partial charge is 0.228 e. The third-order valence-corrected chi connectivity index (χ3v) is 7.26. The van der Waals surface area contributed by atoms with E-state index in [0.29, 0.717) is 11.4 Å². The Kier molecular flexibility index (Phi) is 6.04. The molecule has 0 aromatic heterocycles. The van der Waals surface area contributed by atoms with Gasteiger partial charge in [-0.05, 0) is 36.4 Å². The zero-order valence-corrected chi connectivity index (χ0v) is 16.7. The van der Waals surface area contributed by atoms with Crippen molar-refractivity contribution in [3.05, 3.63) is 48.3 Å². The lowest BCUT2D eigenvalue weighted by Gasteiger charge is -2.10. The van der Waals surface area contributed by atoms with Gasteiger partial charge in [0.2, 0.25) is 11.8 Å². The van der Waals surface area contributed by atoms with Gasteiger partial charge in [0.05, 0.1) is 16.3 Å². The van der Waals surface area contributed by atoms with Crippen molar-refractivity contribution in [3.63, 3.8) is 0 Å². The molecule has 1 aliphatic heterocycles. The fraction of sp³-hybridized carbons (Fsp3) is 0.263. The first-order chi connectivity index (χ1) is 13.2. The van der Waals surface area contributed by atoms with Crippen LogP contribution >= 0.6 is 11.8 Å². The Labute approximate surface area is 166 Å². The minimum absolute atomic E-state index is 0.0419. The standard InChI is InChI=1S/C19H19FN2O4S2/c1-12-11-27-17-6-5-15(10-16(17)22-19(12)24)28(25,26)8-7-18(23)21-14-4-2-3-13(20)9-14/h2-6,9-10,12H,7-8,11H2,1H3,(H,21,23)(H,22,24)/t12-/m1/s1. The summed E-state index contributed by atoms with van der Waals surface area (Å²) in [4.78, 5) is 24.8. The molecule has 2 N–H and O–H groups in total. The van der Waals surface area contributed by atoms with Crippen LogP contribution in [-0.4, -0.2) is 31.7 Å². The van der Waals surface area contributed by atoms with Crippen LogP contribution < -0.4 is 10.6 Å². The Balaban J connectivity index is 1.68. The Bertz CT molecular complexity index is 1020. The first kappa shape index (κ1) is 20.3. The summed E-state index contributed by atoms with van der Waals surface area (Å²) >= 11 is 1.49. The van der Waals surface area contributed by atoms with Crippen molar-refractivity contribution >= 4 is 44.8 Å². The second-order valence-electron chi connectivity index (χ2n) is 6.49. The number of carbonyl (C=O) groups excluding carboxylic acids is 2. The first-order valence-corrected chi connectivity index (χ1v) is 11.2. The molecule has 2 aromatic carbocycles. The SMILES string of the molecule is C[C@@H]1CSc2ccc(S(=O)(=O)CCC(=O)Nc3cccc(F)c3)cc2NC1=O. The van der Waals surface area contributed by atoms with E-state index >= 15 is 0 Å². The molecule has 0 spiro atoms. The molecule has 1 atom stereocenters. The van der Waals surface area contributed by atoms with Crippen LogP contribution in [0.25, 0.3) is 0 Å². The molecule has 0 radical (unpaired) electrons. The summed E-state index contributed by atoms with van der Waals surface area (Å²) in [5.41, 5.74) is 0.728. The van der Waals surface area contributed by atoms with E-state index in [9.17, 15) is 22.4 Å². The fourth-order valence-electron chi connectivity index (χ4n) is 2.61. The van der Waals surface area contributed by atoms with Gasteiger partial charge in [0.15, 0.2) is 9.84 Å². The van der Waals surface area contributed by atoms with Gasteiger partial charge in [0, 0.05) is 28.7 Å². The van der Waals surface area contributed by atoms with E-state index in [4.69, 9.17) is 0 Å². The largest absolute Gasteiger partial charge is 0.326 e. The van der Waals surface area contributed by atoms with E-state index in [1.54, 1.807) is 6.07 Å². The summed E-state index contributed by atoms with van der Waals surface area (Å²) < 4.78 is 38.4. The lowest BCUT2D eigenvalue weighted by molar-refractivity contribution is -0.118. The molecule has 28 heavy (non-hydrogen) atoms. The van der Waals surface area contributed by atoms with Gasteiger partial charge in [0.25, 0.3) is 0 Å². The van der Waals surface area contributed by atoms with Crippen molar-refractivity contribution in [2.24, 2.45) is 5.92 Å². The van der Waals surface area contributed by atoms with Gasteiger partial charge in [-0.2, -0.15) is 0 Å². The van der Waals surface area contributed by atoms with Gasteiger partial charge in [-0.3, -0.25) is 9.59 Å². The normalized spacial score (nSPS) is 16.6. The van der Waals surface area contributed by atoms with Gasteiger partial charge < -0.3 is 10.6 Å². The van der Waals surface area contributed by atoms with E-state index in [2.05, 4.69) is 10.6 Å². The average Bonchev–Trinajstić information content (AvgIpc) is 2.78. The topological polar surface area (TPSA) is 92.3 Å². The van der Waals surface area contributed by atoms with Crippen LogP contribution in [0, 0.1) is 11.7 Å². The van der Waals surface area contributed by atoms with Crippen LogP contribution in [0.5, 0.6) is 0 Å². The van der Waals surface area contributed by atoms with Crippen molar-refractivity contribution < 1.29 is 22.4 Å². The van der Waals surface area contributed by atoms with Crippen molar-refractivity contribution in [2.45, 2.75) is 23.1 Å². The zero-order chi connectivity index (χ0) is 20.3. The lowest BCUT2D eigenvalue weighted by Crippen LogP contribution is -2.20.